The van der Waals surface area contributed by atoms with Gasteiger partial charge in [0.05, 0.1) is 0 Å². The predicted molar refractivity (Wildman–Crippen MR) is 117 cm³/mol. The number of rotatable bonds is 5. The largest absolute Gasteiger partial charge is 0.339 e. The monoisotopic (exact) mass is 393 g/mol. The molecular weight excluding hydrogens is 362 g/mol. The van der Waals surface area contributed by atoms with Crippen molar-refractivity contribution >= 4 is 17.6 Å². The van der Waals surface area contributed by atoms with Gasteiger partial charge in [-0.1, -0.05) is 51.1 Å². The van der Waals surface area contributed by atoms with Crippen LogP contribution in [0.4, 0.5) is 10.5 Å². The zero-order valence-corrected chi connectivity index (χ0v) is 17.6. The predicted octanol–water partition coefficient (Wildman–Crippen LogP) is 4.58. The van der Waals surface area contributed by atoms with E-state index in [0.29, 0.717) is 17.8 Å². The molecule has 0 atom stereocenters. The fourth-order valence-electron chi connectivity index (χ4n) is 3.50. The molecule has 2 aromatic carbocycles. The van der Waals surface area contributed by atoms with Crippen LogP contribution in [0.25, 0.3) is 0 Å². The summed E-state index contributed by atoms with van der Waals surface area (Å²) in [4.78, 5) is 26.6. The van der Waals surface area contributed by atoms with Crippen molar-refractivity contribution < 1.29 is 9.59 Å². The molecule has 5 heteroatoms. The lowest BCUT2D eigenvalue weighted by molar-refractivity contribution is 0.0793. The van der Waals surface area contributed by atoms with Crippen LogP contribution in [-0.2, 0) is 11.8 Å². The molecule has 1 aliphatic rings. The Kier molecular flexibility index (Phi) is 6.57. The maximum absolute atomic E-state index is 12.5. The van der Waals surface area contributed by atoms with Crippen LogP contribution in [0, 0.1) is 0 Å². The van der Waals surface area contributed by atoms with E-state index >= 15 is 0 Å². The third-order valence-electron chi connectivity index (χ3n) is 5.28. The molecule has 1 saturated heterocycles. The van der Waals surface area contributed by atoms with Gasteiger partial charge in [0.1, 0.15) is 0 Å². The number of benzene rings is 2. The number of amides is 3. The lowest BCUT2D eigenvalue weighted by atomic mass is 9.86. The first-order chi connectivity index (χ1) is 13.8. The summed E-state index contributed by atoms with van der Waals surface area (Å²) in [5.74, 6) is 0.0326. The molecule has 0 radical (unpaired) electrons. The maximum Gasteiger partial charge on any atom is 0.319 e. The van der Waals surface area contributed by atoms with Crippen LogP contribution in [0.3, 0.4) is 0 Å². The number of carbonyl (C=O) groups is 2. The summed E-state index contributed by atoms with van der Waals surface area (Å²) in [6.45, 7) is 8.76. The fourth-order valence-corrected chi connectivity index (χ4v) is 3.50. The van der Waals surface area contributed by atoms with Gasteiger partial charge in [0.25, 0.3) is 5.91 Å². The molecule has 0 aliphatic carbocycles. The third-order valence-corrected chi connectivity index (χ3v) is 5.28. The van der Waals surface area contributed by atoms with Crippen LogP contribution >= 0.6 is 0 Å². The Morgan fingerprint density at radius 3 is 2.34 bits per heavy atom. The molecule has 2 aromatic rings. The first-order valence-electron chi connectivity index (χ1n) is 10.4. The highest BCUT2D eigenvalue weighted by atomic mass is 16.2. The van der Waals surface area contributed by atoms with E-state index in [0.717, 1.165) is 32.4 Å². The van der Waals surface area contributed by atoms with Crippen molar-refractivity contribution in [3.63, 3.8) is 0 Å². The Bertz CT molecular complexity index is 847. The molecule has 0 saturated carbocycles. The first kappa shape index (κ1) is 20.9. The van der Waals surface area contributed by atoms with Gasteiger partial charge in [0.15, 0.2) is 0 Å². The summed E-state index contributed by atoms with van der Waals surface area (Å²) in [7, 11) is 0. The van der Waals surface area contributed by atoms with Gasteiger partial charge in [-0.3, -0.25) is 4.79 Å². The summed E-state index contributed by atoms with van der Waals surface area (Å²) in [5, 5.41) is 5.71. The zero-order chi connectivity index (χ0) is 20.9. The summed E-state index contributed by atoms with van der Waals surface area (Å²) in [6.07, 6.45) is 2.89. The molecule has 3 rings (SSSR count). The van der Waals surface area contributed by atoms with Gasteiger partial charge < -0.3 is 15.5 Å². The van der Waals surface area contributed by atoms with Crippen molar-refractivity contribution in [2.45, 2.75) is 45.4 Å². The maximum atomic E-state index is 12.5. The number of nitrogens with zero attached hydrogens (tertiary/aromatic N) is 1. The lowest BCUT2D eigenvalue weighted by Crippen LogP contribution is -2.31. The fraction of sp³-hybridized carbons (Fsp3) is 0.417. The van der Waals surface area contributed by atoms with E-state index in [1.54, 1.807) is 24.3 Å². The Balaban J connectivity index is 1.48. The Morgan fingerprint density at radius 2 is 1.69 bits per heavy atom. The molecule has 5 nitrogen and oxygen atoms in total. The average Bonchev–Trinajstić information content (AvgIpc) is 3.22. The number of anilines is 1. The number of hydrogen-bond acceptors (Lipinski definition) is 2. The first-order valence-corrected chi connectivity index (χ1v) is 10.4. The van der Waals surface area contributed by atoms with Crippen LogP contribution in [-0.4, -0.2) is 36.5 Å². The van der Waals surface area contributed by atoms with E-state index in [-0.39, 0.29) is 17.4 Å². The second kappa shape index (κ2) is 9.12. The van der Waals surface area contributed by atoms with Gasteiger partial charge in [0.2, 0.25) is 0 Å². The van der Waals surface area contributed by atoms with Gasteiger partial charge in [-0.2, -0.15) is 0 Å². The van der Waals surface area contributed by atoms with Crippen LogP contribution in [0.1, 0.15) is 55.1 Å². The van der Waals surface area contributed by atoms with Crippen LogP contribution < -0.4 is 10.6 Å². The third kappa shape index (κ3) is 5.83. The standard InChI is InChI=1S/C24H31N3O2/c1-24(2,3)20-11-9-18(10-12-20)13-14-25-23(29)26-21-8-6-7-19(17-21)22(28)27-15-4-5-16-27/h6-12,17H,4-5,13-16H2,1-3H3,(H2,25,26,29). The smallest absolute Gasteiger partial charge is 0.319 e. The van der Waals surface area contributed by atoms with E-state index < -0.39 is 0 Å². The molecule has 29 heavy (non-hydrogen) atoms. The quantitative estimate of drug-likeness (QED) is 0.781. The van der Waals surface area contributed by atoms with E-state index in [9.17, 15) is 9.59 Å². The second-order valence-corrected chi connectivity index (χ2v) is 8.66. The highest BCUT2D eigenvalue weighted by Gasteiger charge is 2.19. The number of hydrogen-bond donors (Lipinski definition) is 2. The minimum atomic E-state index is -0.262. The Labute approximate surface area is 173 Å². The molecule has 0 spiro atoms. The summed E-state index contributed by atoms with van der Waals surface area (Å²) in [6, 6.07) is 15.4. The van der Waals surface area contributed by atoms with Crippen LogP contribution in [0.15, 0.2) is 48.5 Å². The molecule has 3 amide bonds. The number of nitrogens with one attached hydrogen (secondary N) is 2. The molecule has 154 valence electrons. The summed E-state index contributed by atoms with van der Waals surface area (Å²) >= 11 is 0. The average molecular weight is 394 g/mol. The van der Waals surface area contributed by atoms with Crippen molar-refractivity contribution in [2.24, 2.45) is 0 Å². The Hall–Kier alpha value is -2.82. The van der Waals surface area contributed by atoms with E-state index in [4.69, 9.17) is 0 Å². The molecule has 1 heterocycles. The second-order valence-electron chi connectivity index (χ2n) is 8.66. The highest BCUT2D eigenvalue weighted by Crippen LogP contribution is 2.22. The number of likely N-dealkylation sites (tertiary alicyclic amines) is 1. The van der Waals surface area contributed by atoms with Crippen molar-refractivity contribution in [3.05, 3.63) is 65.2 Å². The van der Waals surface area contributed by atoms with Gasteiger partial charge in [0, 0.05) is 30.9 Å². The van der Waals surface area contributed by atoms with E-state index in [1.807, 2.05) is 4.90 Å². The summed E-state index contributed by atoms with van der Waals surface area (Å²) in [5.41, 5.74) is 3.87. The lowest BCUT2D eigenvalue weighted by Gasteiger charge is -2.19. The van der Waals surface area contributed by atoms with Gasteiger partial charge in [-0.15, -0.1) is 0 Å². The highest BCUT2D eigenvalue weighted by molar-refractivity contribution is 5.97. The van der Waals surface area contributed by atoms with Crippen LogP contribution in [0.2, 0.25) is 0 Å². The van der Waals surface area contributed by atoms with Crippen LogP contribution in [0.5, 0.6) is 0 Å². The molecule has 1 fully saturated rings. The SMILES string of the molecule is CC(C)(C)c1ccc(CCNC(=O)Nc2cccc(C(=O)N3CCCC3)c2)cc1. The molecular formula is C24H31N3O2. The Morgan fingerprint density at radius 1 is 1.00 bits per heavy atom. The van der Waals surface area contributed by atoms with Gasteiger partial charge in [-0.05, 0) is 54.0 Å². The zero-order valence-electron chi connectivity index (χ0n) is 17.6. The topological polar surface area (TPSA) is 61.4 Å². The normalized spacial score (nSPS) is 14.0. The van der Waals surface area contributed by atoms with Gasteiger partial charge in [-0.25, -0.2) is 4.79 Å². The molecule has 0 bridgehead atoms. The van der Waals surface area contributed by atoms with E-state index in [1.165, 1.54) is 11.1 Å². The summed E-state index contributed by atoms with van der Waals surface area (Å²) < 4.78 is 0. The number of carbonyl (C=O) groups excluding carboxylic acids is 2. The molecule has 2 N–H and O–H groups in total. The van der Waals surface area contributed by atoms with Crippen molar-refractivity contribution in [1.29, 1.82) is 0 Å². The molecule has 1 aliphatic heterocycles. The van der Waals surface area contributed by atoms with Crippen molar-refractivity contribution in [3.8, 4) is 0 Å². The van der Waals surface area contributed by atoms with Gasteiger partial charge >= 0.3 is 6.03 Å². The van der Waals surface area contributed by atoms with Crippen molar-refractivity contribution in [2.75, 3.05) is 25.0 Å². The minimum absolute atomic E-state index is 0.0326. The number of urea groups is 1. The van der Waals surface area contributed by atoms with E-state index in [2.05, 4.69) is 55.7 Å². The molecule has 0 aromatic heterocycles. The van der Waals surface area contributed by atoms with Crippen molar-refractivity contribution in [1.82, 2.24) is 10.2 Å². The molecule has 0 unspecified atom stereocenters. The minimum Gasteiger partial charge on any atom is -0.339 e.